The summed E-state index contributed by atoms with van der Waals surface area (Å²) in [6, 6.07) is 20.0. The maximum Gasteiger partial charge on any atom is 0.328 e. The first-order chi connectivity index (χ1) is 17.1. The van der Waals surface area contributed by atoms with Crippen LogP contribution in [0.1, 0.15) is 52.1 Å². The molecule has 6 nitrogen and oxygen atoms in total. The minimum atomic E-state index is -0.774. The highest BCUT2D eigenvalue weighted by atomic mass is 16.5. The quantitative estimate of drug-likeness (QED) is 0.348. The number of nitrogens with one attached hydrogen (secondary N) is 1. The average Bonchev–Trinajstić information content (AvgIpc) is 2.91. The summed E-state index contributed by atoms with van der Waals surface area (Å²) in [5.41, 5.74) is 5.21. The van der Waals surface area contributed by atoms with Crippen LogP contribution in [0.15, 0.2) is 66.7 Å². The minimum Gasteiger partial charge on any atom is -0.494 e. The molecule has 0 saturated heterocycles. The number of amides is 1. The van der Waals surface area contributed by atoms with E-state index in [1.54, 1.807) is 24.3 Å². The summed E-state index contributed by atoms with van der Waals surface area (Å²) in [5, 5.41) is 2.77. The molecule has 1 atom stereocenters. The lowest BCUT2D eigenvalue weighted by Gasteiger charge is -2.17. The lowest BCUT2D eigenvalue weighted by atomic mass is 9.95. The Morgan fingerprint density at radius 3 is 2.51 bits per heavy atom. The molecular weight excluding hydrogens is 440 g/mol. The van der Waals surface area contributed by atoms with Gasteiger partial charge < -0.3 is 14.8 Å². The molecule has 1 N–H and O–H groups in total. The van der Waals surface area contributed by atoms with Crippen molar-refractivity contribution >= 4 is 11.9 Å². The highest BCUT2D eigenvalue weighted by Gasteiger charge is 2.22. The van der Waals surface area contributed by atoms with E-state index in [0.29, 0.717) is 18.6 Å². The van der Waals surface area contributed by atoms with Crippen LogP contribution >= 0.6 is 0 Å². The summed E-state index contributed by atoms with van der Waals surface area (Å²) >= 11 is 0. The molecule has 3 aromatic rings. The second-order valence-corrected chi connectivity index (χ2v) is 8.83. The zero-order valence-electron chi connectivity index (χ0n) is 20.2. The summed E-state index contributed by atoms with van der Waals surface area (Å²) in [5.74, 6) is -0.0187. The number of carbonyl (C=O) groups excluding carboxylic acids is 2. The molecule has 0 spiro atoms. The van der Waals surface area contributed by atoms with Gasteiger partial charge in [0.1, 0.15) is 11.8 Å². The molecule has 1 aromatic heterocycles. The fourth-order valence-corrected chi connectivity index (χ4v) is 4.33. The van der Waals surface area contributed by atoms with E-state index in [9.17, 15) is 9.59 Å². The molecule has 0 saturated carbocycles. The Bertz CT molecular complexity index is 1130. The van der Waals surface area contributed by atoms with Crippen LogP contribution in [0.4, 0.5) is 0 Å². The molecule has 0 unspecified atom stereocenters. The van der Waals surface area contributed by atoms with Gasteiger partial charge in [-0.2, -0.15) is 0 Å². The largest absolute Gasteiger partial charge is 0.494 e. The number of methoxy groups -OCH3 is 1. The third-order valence-corrected chi connectivity index (χ3v) is 6.27. The summed E-state index contributed by atoms with van der Waals surface area (Å²) in [7, 11) is 1.32. The predicted octanol–water partition coefficient (Wildman–Crippen LogP) is 4.49. The van der Waals surface area contributed by atoms with E-state index < -0.39 is 12.0 Å². The van der Waals surface area contributed by atoms with Gasteiger partial charge in [0.15, 0.2) is 0 Å². The fraction of sp³-hybridized carbons (Fsp3) is 0.345. The summed E-state index contributed by atoms with van der Waals surface area (Å²) < 4.78 is 10.8. The number of ether oxygens (including phenoxy) is 2. The van der Waals surface area contributed by atoms with Crippen LogP contribution < -0.4 is 10.1 Å². The normalized spacial score (nSPS) is 13.4. The smallest absolute Gasteiger partial charge is 0.328 e. The Labute approximate surface area is 206 Å². The lowest BCUT2D eigenvalue weighted by Crippen LogP contribution is -2.43. The number of rotatable bonds is 10. The van der Waals surface area contributed by atoms with E-state index in [2.05, 4.69) is 17.4 Å². The Hall–Kier alpha value is -3.67. The lowest BCUT2D eigenvalue weighted by molar-refractivity contribution is -0.142. The van der Waals surface area contributed by atoms with Crippen molar-refractivity contribution in [3.63, 3.8) is 0 Å². The van der Waals surface area contributed by atoms with Gasteiger partial charge in [-0.15, -0.1) is 0 Å². The van der Waals surface area contributed by atoms with Crippen molar-refractivity contribution in [3.05, 3.63) is 94.8 Å². The highest BCUT2D eigenvalue weighted by molar-refractivity contribution is 5.96. The number of aryl methyl sites for hydroxylation is 3. The molecule has 0 bridgehead atoms. The molecule has 35 heavy (non-hydrogen) atoms. The average molecular weight is 473 g/mol. The number of fused-ring (bicyclic) bond motifs is 1. The van der Waals surface area contributed by atoms with Crippen molar-refractivity contribution in [2.75, 3.05) is 13.7 Å². The fourth-order valence-electron chi connectivity index (χ4n) is 4.33. The van der Waals surface area contributed by atoms with Crippen LogP contribution in [0, 0.1) is 0 Å². The molecule has 182 valence electrons. The molecule has 1 amide bonds. The number of carbonyl (C=O) groups is 2. The first-order valence-corrected chi connectivity index (χ1v) is 12.3. The van der Waals surface area contributed by atoms with Crippen LogP contribution in [0.25, 0.3) is 0 Å². The molecular formula is C29H32N2O4. The maximum atomic E-state index is 12.5. The third-order valence-electron chi connectivity index (χ3n) is 6.27. The number of esters is 1. The van der Waals surface area contributed by atoms with E-state index >= 15 is 0 Å². The van der Waals surface area contributed by atoms with Gasteiger partial charge in [0.25, 0.3) is 5.91 Å². The van der Waals surface area contributed by atoms with Crippen LogP contribution in [0.5, 0.6) is 5.75 Å². The van der Waals surface area contributed by atoms with Gasteiger partial charge in [-0.3, -0.25) is 9.78 Å². The van der Waals surface area contributed by atoms with Crippen LogP contribution in [-0.4, -0.2) is 36.6 Å². The van der Waals surface area contributed by atoms with Gasteiger partial charge in [-0.05, 0) is 80.0 Å². The Morgan fingerprint density at radius 2 is 1.74 bits per heavy atom. The standard InChI is InChI=1S/C29H32N2O4/c1-34-29(33)27(31-28(32)23-9-3-2-4-10-23)20-21-13-17-25(18-14-21)35-19-7-11-24-16-15-22-8-5-6-12-26(22)30-24/h2-4,9-10,13-18,27H,5-8,11-12,19-20H2,1H3,(H,31,32)/t27-/m0/s1. The van der Waals surface area contributed by atoms with Gasteiger partial charge in [0.05, 0.1) is 13.7 Å². The number of aromatic nitrogens is 1. The van der Waals surface area contributed by atoms with Crippen molar-refractivity contribution in [2.24, 2.45) is 0 Å². The number of nitrogens with zero attached hydrogens (tertiary/aromatic N) is 1. The van der Waals surface area contributed by atoms with E-state index in [4.69, 9.17) is 14.5 Å². The molecule has 0 radical (unpaired) electrons. The highest BCUT2D eigenvalue weighted by Crippen LogP contribution is 2.20. The molecule has 1 aliphatic rings. The molecule has 6 heteroatoms. The monoisotopic (exact) mass is 472 g/mol. The van der Waals surface area contributed by atoms with Gasteiger partial charge >= 0.3 is 5.97 Å². The van der Waals surface area contributed by atoms with Gasteiger partial charge in [-0.25, -0.2) is 4.79 Å². The van der Waals surface area contributed by atoms with Crippen molar-refractivity contribution in [2.45, 2.75) is 51.0 Å². The molecule has 1 heterocycles. The maximum absolute atomic E-state index is 12.5. The second-order valence-electron chi connectivity index (χ2n) is 8.83. The number of hydrogen-bond donors (Lipinski definition) is 1. The molecule has 2 aromatic carbocycles. The topological polar surface area (TPSA) is 77.5 Å². The Kier molecular flexibility index (Phi) is 8.49. The number of hydrogen-bond acceptors (Lipinski definition) is 5. The molecule has 1 aliphatic carbocycles. The predicted molar refractivity (Wildman–Crippen MR) is 135 cm³/mol. The van der Waals surface area contributed by atoms with Gasteiger partial charge in [0, 0.05) is 23.4 Å². The number of benzene rings is 2. The third kappa shape index (κ3) is 6.92. The van der Waals surface area contributed by atoms with Crippen molar-refractivity contribution in [1.82, 2.24) is 10.3 Å². The van der Waals surface area contributed by atoms with Gasteiger partial charge in [0.2, 0.25) is 0 Å². The minimum absolute atomic E-state index is 0.311. The van der Waals surface area contributed by atoms with Crippen LogP contribution in [0.2, 0.25) is 0 Å². The summed E-state index contributed by atoms with van der Waals surface area (Å²) in [6.07, 6.45) is 6.88. The Morgan fingerprint density at radius 1 is 0.971 bits per heavy atom. The van der Waals surface area contributed by atoms with Crippen molar-refractivity contribution in [1.29, 1.82) is 0 Å². The van der Waals surface area contributed by atoms with Gasteiger partial charge in [-0.1, -0.05) is 36.4 Å². The molecule has 0 fully saturated rings. The zero-order valence-corrected chi connectivity index (χ0v) is 20.2. The first-order valence-electron chi connectivity index (χ1n) is 12.3. The first kappa shape index (κ1) is 24.5. The van der Waals surface area contributed by atoms with E-state index in [0.717, 1.165) is 42.7 Å². The zero-order chi connectivity index (χ0) is 24.5. The van der Waals surface area contributed by atoms with E-state index in [-0.39, 0.29) is 5.91 Å². The number of pyridine rings is 1. The van der Waals surface area contributed by atoms with Crippen LogP contribution in [-0.2, 0) is 35.2 Å². The molecule has 0 aliphatic heterocycles. The Balaban J connectivity index is 1.26. The van der Waals surface area contributed by atoms with Crippen molar-refractivity contribution < 1.29 is 19.1 Å². The van der Waals surface area contributed by atoms with E-state index in [1.165, 1.54) is 31.2 Å². The molecule has 4 rings (SSSR count). The second kappa shape index (κ2) is 12.2. The van der Waals surface area contributed by atoms with Crippen molar-refractivity contribution in [3.8, 4) is 5.75 Å². The SMILES string of the molecule is COC(=O)[C@H](Cc1ccc(OCCCc2ccc3c(n2)CCCC3)cc1)NC(=O)c1ccccc1. The summed E-state index contributed by atoms with van der Waals surface area (Å²) in [4.78, 5) is 29.6. The van der Waals surface area contributed by atoms with Crippen LogP contribution in [0.3, 0.4) is 0 Å². The summed E-state index contributed by atoms with van der Waals surface area (Å²) in [6.45, 7) is 0.607. The van der Waals surface area contributed by atoms with E-state index in [1.807, 2.05) is 30.3 Å².